The van der Waals surface area contributed by atoms with E-state index in [1.807, 2.05) is 6.92 Å². The van der Waals surface area contributed by atoms with Crippen molar-refractivity contribution in [2.45, 2.75) is 18.9 Å². The van der Waals surface area contributed by atoms with E-state index in [1.54, 1.807) is 4.90 Å². The van der Waals surface area contributed by atoms with Crippen molar-refractivity contribution in [2.24, 2.45) is 0 Å². The molecule has 14 heavy (non-hydrogen) atoms. The van der Waals surface area contributed by atoms with Gasteiger partial charge in [0.05, 0.1) is 18.7 Å². The number of nitrogens with zero attached hydrogens (tertiary/aromatic N) is 2. The van der Waals surface area contributed by atoms with Crippen molar-refractivity contribution in [3.05, 3.63) is 18.0 Å². The largest absolute Gasteiger partial charge is 0.386 e. The molecule has 1 N–H and O–H groups in total. The summed E-state index contributed by atoms with van der Waals surface area (Å²) in [6.45, 7) is 2.67. The first kappa shape index (κ1) is 9.21. The molecule has 1 saturated heterocycles. The van der Waals surface area contributed by atoms with Gasteiger partial charge in [0.1, 0.15) is 6.26 Å². The van der Waals surface area contributed by atoms with Crippen molar-refractivity contribution < 1.29 is 14.4 Å². The summed E-state index contributed by atoms with van der Waals surface area (Å²) in [5.41, 5.74) is -0.400. The van der Waals surface area contributed by atoms with E-state index >= 15 is 0 Å². The molecule has 0 radical (unpaired) electrons. The van der Waals surface area contributed by atoms with E-state index < -0.39 is 5.60 Å². The van der Waals surface area contributed by atoms with Crippen LogP contribution in [0.15, 0.2) is 16.9 Å². The van der Waals surface area contributed by atoms with Gasteiger partial charge in [-0.25, -0.2) is 0 Å². The molecule has 0 saturated carbocycles. The Balaban J connectivity index is 1.98. The number of β-amino-alcohol motifs (C(OH)–C–C–N with tert-alkyl or cyclic N) is 1. The first-order valence-corrected chi connectivity index (χ1v) is 4.57. The van der Waals surface area contributed by atoms with E-state index in [0.717, 1.165) is 0 Å². The highest BCUT2D eigenvalue weighted by Crippen LogP contribution is 2.25. The smallest absolute Gasteiger partial charge is 0.276 e. The number of carbonyl (C=O) groups is 1. The number of aliphatic hydroxyl groups is 1. The summed E-state index contributed by atoms with van der Waals surface area (Å²) in [4.78, 5) is 13.1. The van der Waals surface area contributed by atoms with E-state index in [0.29, 0.717) is 25.2 Å². The van der Waals surface area contributed by atoms with E-state index in [1.165, 1.54) is 12.3 Å². The van der Waals surface area contributed by atoms with Gasteiger partial charge in [0.15, 0.2) is 5.69 Å². The molecule has 0 atom stereocenters. The fourth-order valence-corrected chi connectivity index (χ4v) is 1.52. The fraction of sp³-hybridized carbons (Fsp3) is 0.556. The van der Waals surface area contributed by atoms with Crippen LogP contribution in [0.5, 0.6) is 0 Å². The Labute approximate surface area is 81.3 Å². The molecule has 0 aromatic carbocycles. The molecule has 76 valence electrons. The number of likely N-dealkylation sites (tertiary alicyclic amines) is 1. The third kappa shape index (κ3) is 1.39. The maximum Gasteiger partial charge on any atom is 0.276 e. The molecule has 1 aromatic rings. The quantitative estimate of drug-likeness (QED) is 0.737. The predicted octanol–water partition coefficient (Wildman–Crippen LogP) is 0.272. The van der Waals surface area contributed by atoms with Gasteiger partial charge in [0, 0.05) is 6.07 Å². The molecule has 2 rings (SSSR count). The lowest BCUT2D eigenvalue weighted by Gasteiger charge is -2.45. The molecule has 0 spiro atoms. The highest BCUT2D eigenvalue weighted by atomic mass is 16.5. The molecular formula is C9H12N2O3. The zero-order valence-corrected chi connectivity index (χ0v) is 7.93. The van der Waals surface area contributed by atoms with Gasteiger partial charge < -0.3 is 14.5 Å². The molecule has 1 amide bonds. The topological polar surface area (TPSA) is 66.6 Å². The number of hydrogen-bond donors (Lipinski definition) is 1. The second-order valence-corrected chi connectivity index (χ2v) is 3.62. The molecule has 1 aliphatic heterocycles. The third-order valence-corrected chi connectivity index (χ3v) is 2.57. The monoisotopic (exact) mass is 196 g/mol. The first-order valence-electron chi connectivity index (χ1n) is 4.57. The van der Waals surface area contributed by atoms with Gasteiger partial charge in [0.2, 0.25) is 0 Å². The second kappa shape index (κ2) is 3.09. The minimum absolute atomic E-state index is 0.183. The average Bonchev–Trinajstić information content (AvgIpc) is 2.64. The Kier molecular flexibility index (Phi) is 2.03. The predicted molar refractivity (Wildman–Crippen MR) is 47.6 cm³/mol. The zero-order valence-electron chi connectivity index (χ0n) is 7.93. The lowest BCUT2D eigenvalue weighted by molar-refractivity contribution is -0.0829. The first-order chi connectivity index (χ1) is 6.64. The van der Waals surface area contributed by atoms with Crippen LogP contribution >= 0.6 is 0 Å². The summed E-state index contributed by atoms with van der Waals surface area (Å²) >= 11 is 0. The minimum Gasteiger partial charge on any atom is -0.386 e. The summed E-state index contributed by atoms with van der Waals surface area (Å²) in [6, 6.07) is 1.52. The van der Waals surface area contributed by atoms with Crippen LogP contribution in [-0.2, 0) is 0 Å². The lowest BCUT2D eigenvalue weighted by Crippen LogP contribution is -2.63. The highest BCUT2D eigenvalue weighted by molar-refractivity contribution is 5.92. The maximum atomic E-state index is 11.6. The molecule has 2 heterocycles. The Hall–Kier alpha value is -1.36. The van der Waals surface area contributed by atoms with Crippen molar-refractivity contribution in [1.82, 2.24) is 10.1 Å². The normalized spacial score (nSPS) is 19.1. The van der Waals surface area contributed by atoms with Crippen molar-refractivity contribution in [2.75, 3.05) is 13.1 Å². The van der Waals surface area contributed by atoms with Crippen LogP contribution in [0, 0.1) is 0 Å². The van der Waals surface area contributed by atoms with Crippen LogP contribution in [0.4, 0.5) is 0 Å². The molecule has 1 fully saturated rings. The Morgan fingerprint density at radius 1 is 1.79 bits per heavy atom. The molecule has 0 aliphatic carbocycles. The molecule has 1 aromatic heterocycles. The average molecular weight is 196 g/mol. The van der Waals surface area contributed by atoms with E-state index in [4.69, 9.17) is 0 Å². The summed E-state index contributed by atoms with van der Waals surface area (Å²) in [5, 5.41) is 13.2. The number of amides is 1. The van der Waals surface area contributed by atoms with Crippen molar-refractivity contribution in [1.29, 1.82) is 0 Å². The van der Waals surface area contributed by atoms with E-state index in [9.17, 15) is 9.90 Å². The van der Waals surface area contributed by atoms with Crippen molar-refractivity contribution in [3.63, 3.8) is 0 Å². The summed E-state index contributed by atoms with van der Waals surface area (Å²) in [5.74, 6) is -0.183. The second-order valence-electron chi connectivity index (χ2n) is 3.62. The van der Waals surface area contributed by atoms with Crippen molar-refractivity contribution >= 4 is 5.91 Å². The Morgan fingerprint density at radius 3 is 3.00 bits per heavy atom. The van der Waals surface area contributed by atoms with Crippen LogP contribution in [0.1, 0.15) is 23.8 Å². The van der Waals surface area contributed by atoms with Gasteiger partial charge in [0.25, 0.3) is 5.91 Å². The molecule has 5 heteroatoms. The molecule has 0 unspecified atom stereocenters. The van der Waals surface area contributed by atoms with Gasteiger partial charge in [-0.3, -0.25) is 4.79 Å². The maximum absolute atomic E-state index is 11.6. The van der Waals surface area contributed by atoms with Crippen LogP contribution < -0.4 is 0 Å². The number of hydrogen-bond acceptors (Lipinski definition) is 4. The van der Waals surface area contributed by atoms with Crippen LogP contribution in [0.3, 0.4) is 0 Å². The van der Waals surface area contributed by atoms with Gasteiger partial charge in [-0.15, -0.1) is 0 Å². The molecular weight excluding hydrogens is 184 g/mol. The zero-order chi connectivity index (χ0) is 10.2. The number of rotatable bonds is 2. The third-order valence-electron chi connectivity index (χ3n) is 2.57. The van der Waals surface area contributed by atoms with E-state index in [2.05, 4.69) is 9.68 Å². The Morgan fingerprint density at radius 2 is 2.50 bits per heavy atom. The van der Waals surface area contributed by atoms with Gasteiger partial charge in [-0.1, -0.05) is 12.1 Å². The molecule has 0 bridgehead atoms. The molecule has 5 nitrogen and oxygen atoms in total. The lowest BCUT2D eigenvalue weighted by atomic mass is 9.91. The SMILES string of the molecule is CCC1(O)CN(C(=O)c2ccon2)C1. The summed E-state index contributed by atoms with van der Waals surface area (Å²) in [6.07, 6.45) is 2.02. The number of aromatic nitrogens is 1. The number of carbonyl (C=O) groups excluding carboxylic acids is 1. The Bertz CT molecular complexity index is 328. The molecule has 1 aliphatic rings. The van der Waals surface area contributed by atoms with Gasteiger partial charge in [-0.2, -0.15) is 0 Å². The van der Waals surface area contributed by atoms with E-state index in [-0.39, 0.29) is 5.91 Å². The van der Waals surface area contributed by atoms with Crippen LogP contribution in [0.25, 0.3) is 0 Å². The van der Waals surface area contributed by atoms with Crippen LogP contribution in [0.2, 0.25) is 0 Å². The van der Waals surface area contributed by atoms with Gasteiger partial charge >= 0.3 is 0 Å². The van der Waals surface area contributed by atoms with Crippen LogP contribution in [-0.4, -0.2) is 39.8 Å². The summed E-state index contributed by atoms with van der Waals surface area (Å²) < 4.78 is 4.57. The standard InChI is InChI=1S/C9H12N2O3/c1-2-9(13)5-11(6-9)8(12)7-3-4-14-10-7/h3-4,13H,2,5-6H2,1H3. The highest BCUT2D eigenvalue weighted by Gasteiger charge is 2.42. The van der Waals surface area contributed by atoms with Crippen molar-refractivity contribution in [3.8, 4) is 0 Å². The summed E-state index contributed by atoms with van der Waals surface area (Å²) in [7, 11) is 0. The fourth-order valence-electron chi connectivity index (χ4n) is 1.52. The minimum atomic E-state index is -0.695. The van der Waals surface area contributed by atoms with Gasteiger partial charge in [-0.05, 0) is 6.42 Å².